The lowest BCUT2D eigenvalue weighted by Gasteiger charge is -2.30. The van der Waals surface area contributed by atoms with Crippen molar-refractivity contribution in [2.24, 2.45) is 11.8 Å². The quantitative estimate of drug-likeness (QED) is 0.760. The van der Waals surface area contributed by atoms with E-state index < -0.39 is 0 Å². The number of hydrogen-bond acceptors (Lipinski definition) is 2. The number of carbonyl (C=O) groups excluding carboxylic acids is 1. The van der Waals surface area contributed by atoms with Crippen LogP contribution < -0.4 is 5.32 Å². The van der Waals surface area contributed by atoms with E-state index in [4.69, 9.17) is 0 Å². The molecule has 2 rings (SSSR count). The lowest BCUT2D eigenvalue weighted by Crippen LogP contribution is -2.49. The minimum Gasteiger partial charge on any atom is -0.344 e. The summed E-state index contributed by atoms with van der Waals surface area (Å²) in [5.74, 6) is 1.78. The van der Waals surface area contributed by atoms with Crippen LogP contribution >= 0.6 is 0 Å². The van der Waals surface area contributed by atoms with Crippen LogP contribution in [0.1, 0.15) is 32.6 Å². The summed E-state index contributed by atoms with van der Waals surface area (Å²) >= 11 is 0. The molecule has 2 unspecified atom stereocenters. The molecule has 3 heteroatoms. The molecule has 2 fully saturated rings. The van der Waals surface area contributed by atoms with E-state index in [2.05, 4.69) is 12.2 Å². The fourth-order valence-corrected chi connectivity index (χ4v) is 2.34. The fraction of sp³-hybridized carbons (Fsp3) is 0.917. The van der Waals surface area contributed by atoms with Crippen LogP contribution in [-0.2, 0) is 4.79 Å². The van der Waals surface area contributed by atoms with E-state index in [0.717, 1.165) is 25.4 Å². The third kappa shape index (κ3) is 2.94. The SMILES string of the molecule is CC1CCNC(C(=O)N(C)CC2CC2)C1. The number of nitrogens with one attached hydrogen (secondary N) is 1. The van der Waals surface area contributed by atoms with Crippen molar-refractivity contribution >= 4 is 5.91 Å². The highest BCUT2D eigenvalue weighted by molar-refractivity contribution is 5.81. The molecule has 1 N–H and O–H groups in total. The summed E-state index contributed by atoms with van der Waals surface area (Å²) in [5.41, 5.74) is 0. The van der Waals surface area contributed by atoms with Crippen molar-refractivity contribution in [3.05, 3.63) is 0 Å². The Bertz CT molecular complexity index is 238. The van der Waals surface area contributed by atoms with Crippen LogP contribution in [0, 0.1) is 11.8 Å². The molecular formula is C12H22N2O. The van der Waals surface area contributed by atoms with E-state index in [9.17, 15) is 4.79 Å². The first-order chi connectivity index (χ1) is 7.16. The van der Waals surface area contributed by atoms with Gasteiger partial charge in [-0.1, -0.05) is 6.92 Å². The third-order valence-electron chi connectivity index (χ3n) is 3.57. The predicted molar refractivity (Wildman–Crippen MR) is 60.5 cm³/mol. The molecular weight excluding hydrogens is 188 g/mol. The molecule has 0 bridgehead atoms. The average molecular weight is 210 g/mol. The molecule has 2 aliphatic rings. The van der Waals surface area contributed by atoms with Gasteiger partial charge in [-0.2, -0.15) is 0 Å². The number of piperidine rings is 1. The molecule has 2 atom stereocenters. The molecule has 1 aliphatic heterocycles. The van der Waals surface area contributed by atoms with Crippen LogP contribution in [0.5, 0.6) is 0 Å². The number of hydrogen-bond donors (Lipinski definition) is 1. The molecule has 0 aromatic carbocycles. The molecule has 1 saturated carbocycles. The Labute approximate surface area is 92.2 Å². The summed E-state index contributed by atoms with van der Waals surface area (Å²) in [6.45, 7) is 4.20. The minimum absolute atomic E-state index is 0.0810. The highest BCUT2D eigenvalue weighted by atomic mass is 16.2. The lowest BCUT2D eigenvalue weighted by molar-refractivity contribution is -0.133. The lowest BCUT2D eigenvalue weighted by atomic mass is 9.93. The van der Waals surface area contributed by atoms with E-state index >= 15 is 0 Å². The Morgan fingerprint density at radius 1 is 1.40 bits per heavy atom. The van der Waals surface area contributed by atoms with Crippen molar-refractivity contribution in [1.82, 2.24) is 10.2 Å². The van der Waals surface area contributed by atoms with Crippen molar-refractivity contribution in [1.29, 1.82) is 0 Å². The standard InChI is InChI=1S/C12H22N2O/c1-9-5-6-13-11(7-9)12(15)14(2)8-10-3-4-10/h9-11,13H,3-8H2,1-2H3. The van der Waals surface area contributed by atoms with Crippen molar-refractivity contribution < 1.29 is 4.79 Å². The Kier molecular flexibility index (Phi) is 3.29. The summed E-state index contributed by atoms with van der Waals surface area (Å²) in [7, 11) is 1.95. The van der Waals surface area contributed by atoms with E-state index in [1.165, 1.54) is 19.3 Å². The fourth-order valence-electron chi connectivity index (χ4n) is 2.34. The van der Waals surface area contributed by atoms with Gasteiger partial charge in [0.05, 0.1) is 6.04 Å². The molecule has 1 heterocycles. The normalized spacial score (nSPS) is 31.3. The largest absolute Gasteiger partial charge is 0.344 e. The summed E-state index contributed by atoms with van der Waals surface area (Å²) in [4.78, 5) is 14.0. The molecule has 15 heavy (non-hydrogen) atoms. The van der Waals surface area contributed by atoms with Gasteiger partial charge in [-0.25, -0.2) is 0 Å². The van der Waals surface area contributed by atoms with E-state index in [0.29, 0.717) is 11.8 Å². The van der Waals surface area contributed by atoms with Crippen molar-refractivity contribution in [3.8, 4) is 0 Å². The first-order valence-electron chi connectivity index (χ1n) is 6.15. The van der Waals surface area contributed by atoms with Gasteiger partial charge < -0.3 is 10.2 Å². The molecule has 86 valence electrons. The van der Waals surface area contributed by atoms with E-state index in [1.807, 2.05) is 11.9 Å². The maximum absolute atomic E-state index is 12.1. The Hall–Kier alpha value is -0.570. The molecule has 1 amide bonds. The first-order valence-corrected chi connectivity index (χ1v) is 6.15. The number of likely N-dealkylation sites (N-methyl/N-ethyl adjacent to an activating group) is 1. The van der Waals surface area contributed by atoms with Crippen LogP contribution in [0.15, 0.2) is 0 Å². The van der Waals surface area contributed by atoms with Gasteiger partial charge in [0.1, 0.15) is 0 Å². The van der Waals surface area contributed by atoms with Gasteiger partial charge in [-0.15, -0.1) is 0 Å². The molecule has 0 spiro atoms. The number of nitrogens with zero attached hydrogens (tertiary/aromatic N) is 1. The van der Waals surface area contributed by atoms with Gasteiger partial charge >= 0.3 is 0 Å². The van der Waals surface area contributed by atoms with E-state index in [-0.39, 0.29) is 6.04 Å². The summed E-state index contributed by atoms with van der Waals surface area (Å²) in [6, 6.07) is 0.0810. The Morgan fingerprint density at radius 3 is 2.73 bits per heavy atom. The predicted octanol–water partition coefficient (Wildman–Crippen LogP) is 1.24. The Balaban J connectivity index is 1.82. The van der Waals surface area contributed by atoms with Gasteiger partial charge in [0.25, 0.3) is 0 Å². The maximum atomic E-state index is 12.1. The smallest absolute Gasteiger partial charge is 0.239 e. The molecule has 1 aliphatic carbocycles. The topological polar surface area (TPSA) is 32.3 Å². The van der Waals surface area contributed by atoms with E-state index in [1.54, 1.807) is 0 Å². The average Bonchev–Trinajstić information content (AvgIpc) is 3.00. The van der Waals surface area contributed by atoms with Crippen molar-refractivity contribution in [3.63, 3.8) is 0 Å². The highest BCUT2D eigenvalue weighted by Gasteiger charge is 2.30. The monoisotopic (exact) mass is 210 g/mol. The van der Waals surface area contributed by atoms with Crippen LogP contribution in [0.2, 0.25) is 0 Å². The maximum Gasteiger partial charge on any atom is 0.239 e. The summed E-state index contributed by atoms with van der Waals surface area (Å²) < 4.78 is 0. The third-order valence-corrected chi connectivity index (χ3v) is 3.57. The first kappa shape index (κ1) is 10.9. The van der Waals surface area contributed by atoms with Gasteiger partial charge in [-0.05, 0) is 44.1 Å². The van der Waals surface area contributed by atoms with Gasteiger partial charge in [-0.3, -0.25) is 4.79 Å². The molecule has 0 aromatic heterocycles. The zero-order valence-electron chi connectivity index (χ0n) is 9.83. The molecule has 1 saturated heterocycles. The molecule has 0 radical (unpaired) electrons. The zero-order valence-corrected chi connectivity index (χ0v) is 9.83. The second kappa shape index (κ2) is 4.52. The second-order valence-electron chi connectivity index (χ2n) is 5.30. The summed E-state index contributed by atoms with van der Waals surface area (Å²) in [5, 5.41) is 3.33. The van der Waals surface area contributed by atoms with Crippen molar-refractivity contribution in [2.75, 3.05) is 20.1 Å². The zero-order chi connectivity index (χ0) is 10.8. The van der Waals surface area contributed by atoms with Crippen LogP contribution in [-0.4, -0.2) is 37.0 Å². The van der Waals surface area contributed by atoms with Gasteiger partial charge in [0, 0.05) is 13.6 Å². The van der Waals surface area contributed by atoms with Crippen LogP contribution in [0.25, 0.3) is 0 Å². The molecule has 0 aromatic rings. The number of amides is 1. The van der Waals surface area contributed by atoms with Crippen molar-refractivity contribution in [2.45, 2.75) is 38.6 Å². The summed E-state index contributed by atoms with van der Waals surface area (Å²) in [6.07, 6.45) is 4.84. The number of rotatable bonds is 3. The van der Waals surface area contributed by atoms with Gasteiger partial charge in [0.15, 0.2) is 0 Å². The molecule has 3 nitrogen and oxygen atoms in total. The minimum atomic E-state index is 0.0810. The Morgan fingerprint density at radius 2 is 2.13 bits per heavy atom. The second-order valence-corrected chi connectivity index (χ2v) is 5.30. The van der Waals surface area contributed by atoms with Crippen LogP contribution in [0.3, 0.4) is 0 Å². The van der Waals surface area contributed by atoms with Crippen LogP contribution in [0.4, 0.5) is 0 Å². The van der Waals surface area contributed by atoms with Gasteiger partial charge in [0.2, 0.25) is 5.91 Å². The highest BCUT2D eigenvalue weighted by Crippen LogP contribution is 2.29. The number of carbonyl (C=O) groups is 1.